The summed E-state index contributed by atoms with van der Waals surface area (Å²) in [5, 5.41) is 3.86. The normalized spacial score (nSPS) is 10.1. The predicted molar refractivity (Wildman–Crippen MR) is 110 cm³/mol. The molecule has 0 saturated carbocycles. The summed E-state index contributed by atoms with van der Waals surface area (Å²) in [6.45, 7) is 2.84. The fourth-order valence-corrected chi connectivity index (χ4v) is 2.42. The molecule has 0 radical (unpaired) electrons. The maximum Gasteiger partial charge on any atom is 0.269 e. The Labute approximate surface area is 164 Å². The van der Waals surface area contributed by atoms with E-state index in [1.165, 1.54) is 0 Å². The number of carbonyl (C=O) groups is 1. The van der Waals surface area contributed by atoms with Crippen LogP contribution in [0.3, 0.4) is 0 Å². The van der Waals surface area contributed by atoms with Gasteiger partial charge >= 0.3 is 0 Å². The Morgan fingerprint density at radius 3 is 2.38 bits per heavy atom. The first-order valence-corrected chi connectivity index (χ1v) is 9.23. The van der Waals surface area contributed by atoms with Crippen LogP contribution in [0.25, 0.3) is 0 Å². The van der Waals surface area contributed by atoms with Crippen molar-refractivity contribution in [2.75, 3.05) is 11.9 Å². The summed E-state index contributed by atoms with van der Waals surface area (Å²) in [5.41, 5.74) is 6.49. The average molecular weight is 392 g/mol. The summed E-state index contributed by atoms with van der Waals surface area (Å²) >= 11 is 11.0. The highest BCUT2D eigenvalue weighted by atomic mass is 35.5. The number of anilines is 1. The van der Waals surface area contributed by atoms with E-state index >= 15 is 0 Å². The van der Waals surface area contributed by atoms with Crippen LogP contribution in [0, 0.1) is 0 Å². The highest BCUT2D eigenvalue weighted by Gasteiger charge is 2.06. The second-order valence-electron chi connectivity index (χ2n) is 5.62. The third kappa shape index (κ3) is 6.90. The van der Waals surface area contributed by atoms with Gasteiger partial charge < -0.3 is 10.1 Å². The lowest BCUT2D eigenvalue weighted by Gasteiger charge is -2.12. The lowest BCUT2D eigenvalue weighted by molar-refractivity contribution is 0.0944. The minimum absolute atomic E-state index is 0.275. The maximum absolute atomic E-state index is 12.1. The minimum atomic E-state index is -0.289. The smallest absolute Gasteiger partial charge is 0.269 e. The van der Waals surface area contributed by atoms with Gasteiger partial charge in [0.05, 0.1) is 6.61 Å². The number of benzene rings is 2. The summed E-state index contributed by atoms with van der Waals surface area (Å²) < 4.78 is 5.63. The number of thiocarbonyl (C=S) groups is 1. The number of nitrogens with one attached hydrogen (secondary N) is 3. The Kier molecular flexibility index (Phi) is 8.18. The second-order valence-corrected chi connectivity index (χ2v) is 6.46. The number of rotatable bonds is 7. The fourth-order valence-electron chi connectivity index (χ4n) is 2.13. The van der Waals surface area contributed by atoms with Gasteiger partial charge in [-0.1, -0.05) is 31.4 Å². The van der Waals surface area contributed by atoms with Gasteiger partial charge in [0.15, 0.2) is 5.11 Å². The highest BCUT2D eigenvalue weighted by Crippen LogP contribution is 2.14. The van der Waals surface area contributed by atoms with Crippen LogP contribution in [0.15, 0.2) is 48.5 Å². The van der Waals surface area contributed by atoms with E-state index in [-0.39, 0.29) is 11.0 Å². The van der Waals surface area contributed by atoms with Crippen LogP contribution < -0.4 is 20.9 Å². The van der Waals surface area contributed by atoms with E-state index < -0.39 is 0 Å². The van der Waals surface area contributed by atoms with E-state index in [9.17, 15) is 4.79 Å². The molecule has 0 aromatic heterocycles. The van der Waals surface area contributed by atoms with Crippen molar-refractivity contribution in [2.24, 2.45) is 0 Å². The SMILES string of the molecule is CCCCCOc1ccc(C(=O)NNC(=S)Nc2ccc(Cl)cc2)cc1. The van der Waals surface area contributed by atoms with Gasteiger partial charge in [0.25, 0.3) is 5.91 Å². The number of ether oxygens (including phenoxy) is 1. The molecule has 2 aromatic rings. The molecule has 0 aliphatic carbocycles. The summed E-state index contributed by atoms with van der Waals surface area (Å²) in [6.07, 6.45) is 3.33. The quantitative estimate of drug-likeness (QED) is 0.367. The summed E-state index contributed by atoms with van der Waals surface area (Å²) in [6, 6.07) is 14.1. The molecule has 2 rings (SSSR count). The Balaban J connectivity index is 1.76. The van der Waals surface area contributed by atoms with Gasteiger partial charge in [-0.05, 0) is 67.2 Å². The van der Waals surface area contributed by atoms with Crippen LogP contribution in [0.5, 0.6) is 5.75 Å². The Bertz CT molecular complexity index is 721. The zero-order valence-electron chi connectivity index (χ0n) is 14.5. The summed E-state index contributed by atoms with van der Waals surface area (Å²) in [5.74, 6) is 0.466. The van der Waals surface area contributed by atoms with Gasteiger partial charge in [-0.2, -0.15) is 0 Å². The molecule has 7 heteroatoms. The molecule has 3 N–H and O–H groups in total. The zero-order chi connectivity index (χ0) is 18.8. The van der Waals surface area contributed by atoms with E-state index in [1.54, 1.807) is 48.5 Å². The average Bonchev–Trinajstić information content (AvgIpc) is 2.66. The van der Waals surface area contributed by atoms with Gasteiger partial charge in [0.1, 0.15) is 5.75 Å². The van der Waals surface area contributed by atoms with Gasteiger partial charge in [0, 0.05) is 16.3 Å². The van der Waals surface area contributed by atoms with Crippen molar-refractivity contribution in [2.45, 2.75) is 26.2 Å². The van der Waals surface area contributed by atoms with Gasteiger partial charge in [-0.25, -0.2) is 0 Å². The number of amides is 1. The fraction of sp³-hybridized carbons (Fsp3) is 0.263. The van der Waals surface area contributed by atoms with Crippen molar-refractivity contribution in [3.05, 3.63) is 59.1 Å². The van der Waals surface area contributed by atoms with Crippen molar-refractivity contribution in [1.82, 2.24) is 10.9 Å². The number of hydrazine groups is 1. The van der Waals surface area contributed by atoms with E-state index in [0.29, 0.717) is 17.2 Å². The van der Waals surface area contributed by atoms with Crippen molar-refractivity contribution < 1.29 is 9.53 Å². The van der Waals surface area contributed by atoms with E-state index in [1.807, 2.05) is 0 Å². The monoisotopic (exact) mass is 391 g/mol. The number of halogens is 1. The number of unbranched alkanes of at least 4 members (excludes halogenated alkanes) is 2. The van der Waals surface area contributed by atoms with Crippen LogP contribution in [-0.2, 0) is 0 Å². The Morgan fingerprint density at radius 2 is 1.73 bits per heavy atom. The maximum atomic E-state index is 12.1. The van der Waals surface area contributed by atoms with Crippen molar-refractivity contribution in [3.8, 4) is 5.75 Å². The molecule has 0 aliphatic heterocycles. The highest BCUT2D eigenvalue weighted by molar-refractivity contribution is 7.80. The molecule has 26 heavy (non-hydrogen) atoms. The lowest BCUT2D eigenvalue weighted by Crippen LogP contribution is -2.43. The van der Waals surface area contributed by atoms with Gasteiger partial charge in [-0.15, -0.1) is 0 Å². The Hall–Kier alpha value is -2.31. The number of hydrogen-bond donors (Lipinski definition) is 3. The van der Waals surface area contributed by atoms with Crippen LogP contribution in [0.1, 0.15) is 36.5 Å². The number of hydrogen-bond acceptors (Lipinski definition) is 3. The van der Waals surface area contributed by atoms with E-state index in [2.05, 4.69) is 23.1 Å². The van der Waals surface area contributed by atoms with Crippen LogP contribution in [0.4, 0.5) is 5.69 Å². The van der Waals surface area contributed by atoms with Gasteiger partial charge in [0.2, 0.25) is 0 Å². The number of carbonyl (C=O) groups excluding carboxylic acids is 1. The molecule has 0 saturated heterocycles. The molecule has 0 fully saturated rings. The van der Waals surface area contributed by atoms with Gasteiger partial charge in [-0.3, -0.25) is 15.6 Å². The summed E-state index contributed by atoms with van der Waals surface area (Å²) in [7, 11) is 0. The third-order valence-corrected chi connectivity index (χ3v) is 3.98. The van der Waals surface area contributed by atoms with Crippen LogP contribution in [0.2, 0.25) is 5.02 Å². The molecule has 0 unspecified atom stereocenters. The molecular formula is C19H22ClN3O2S. The molecule has 0 aliphatic rings. The molecule has 0 spiro atoms. The molecule has 0 atom stereocenters. The lowest BCUT2D eigenvalue weighted by atomic mass is 10.2. The minimum Gasteiger partial charge on any atom is -0.494 e. The summed E-state index contributed by atoms with van der Waals surface area (Å²) in [4.78, 5) is 12.1. The van der Waals surface area contributed by atoms with Crippen LogP contribution in [-0.4, -0.2) is 17.6 Å². The van der Waals surface area contributed by atoms with E-state index in [0.717, 1.165) is 30.7 Å². The molecular weight excluding hydrogens is 370 g/mol. The predicted octanol–water partition coefficient (Wildman–Crippen LogP) is 4.54. The van der Waals surface area contributed by atoms with Crippen molar-refractivity contribution >= 4 is 40.5 Å². The standard InChI is InChI=1S/C19H22ClN3O2S/c1-2-3-4-13-25-17-11-5-14(6-12-17)18(24)22-23-19(26)21-16-9-7-15(20)8-10-16/h5-12H,2-4,13H2,1H3,(H,22,24)(H2,21,23,26). The first-order valence-electron chi connectivity index (χ1n) is 8.44. The first-order chi connectivity index (χ1) is 12.6. The molecule has 2 aromatic carbocycles. The largest absolute Gasteiger partial charge is 0.494 e. The second kappa shape index (κ2) is 10.6. The van der Waals surface area contributed by atoms with E-state index in [4.69, 9.17) is 28.6 Å². The molecule has 138 valence electrons. The third-order valence-electron chi connectivity index (χ3n) is 3.52. The first kappa shape index (κ1) is 20.0. The molecule has 5 nitrogen and oxygen atoms in total. The molecule has 0 bridgehead atoms. The van der Waals surface area contributed by atoms with Crippen molar-refractivity contribution in [1.29, 1.82) is 0 Å². The zero-order valence-corrected chi connectivity index (χ0v) is 16.1. The molecule has 0 heterocycles. The Morgan fingerprint density at radius 1 is 1.04 bits per heavy atom. The topological polar surface area (TPSA) is 62.4 Å². The van der Waals surface area contributed by atoms with Crippen LogP contribution >= 0.6 is 23.8 Å². The molecule has 1 amide bonds. The van der Waals surface area contributed by atoms with Crippen molar-refractivity contribution in [3.63, 3.8) is 0 Å².